The van der Waals surface area contributed by atoms with E-state index in [4.69, 9.17) is 11.6 Å². The number of benzene rings is 1. The molecule has 1 aliphatic carbocycles. The first kappa shape index (κ1) is 14.7. The highest BCUT2D eigenvalue weighted by atomic mass is 35.5. The van der Waals surface area contributed by atoms with Crippen molar-refractivity contribution in [3.63, 3.8) is 0 Å². The van der Waals surface area contributed by atoms with E-state index in [9.17, 15) is 13.6 Å². The molecule has 1 atom stereocenters. The van der Waals surface area contributed by atoms with Crippen molar-refractivity contribution in [1.29, 1.82) is 0 Å². The van der Waals surface area contributed by atoms with Crippen molar-refractivity contribution < 1.29 is 13.6 Å². The van der Waals surface area contributed by atoms with Crippen molar-refractivity contribution in [3.8, 4) is 0 Å². The molecule has 0 radical (unpaired) electrons. The van der Waals surface area contributed by atoms with E-state index < -0.39 is 16.7 Å². The lowest BCUT2D eigenvalue weighted by Crippen LogP contribution is -2.37. The summed E-state index contributed by atoms with van der Waals surface area (Å²) in [4.78, 5) is 12.6. The first-order valence-electron chi connectivity index (χ1n) is 6.70. The quantitative estimate of drug-likeness (QED) is 0.809. The topological polar surface area (TPSA) is 29.1 Å². The molecule has 1 aliphatic rings. The number of rotatable bonds is 3. The summed E-state index contributed by atoms with van der Waals surface area (Å²) in [5.74, 6) is -1.88. The molecule has 112 valence electrons. The smallest absolute Gasteiger partial charge is 0.261 e. The maximum atomic E-state index is 13.9. The fourth-order valence-electron chi connectivity index (χ4n) is 2.27. The van der Waals surface area contributed by atoms with Crippen LogP contribution in [0.3, 0.4) is 0 Å². The molecule has 1 aromatic carbocycles. The molecule has 2 nitrogen and oxygen atoms in total. The van der Waals surface area contributed by atoms with Crippen LogP contribution in [0.1, 0.15) is 36.4 Å². The van der Waals surface area contributed by atoms with Crippen molar-refractivity contribution >= 4 is 38.9 Å². The highest BCUT2D eigenvalue weighted by molar-refractivity contribution is 7.20. The molecule has 0 aliphatic heterocycles. The number of carbonyl (C=O) groups excluding carboxylic acids is 1. The molecule has 6 heteroatoms. The van der Waals surface area contributed by atoms with Gasteiger partial charge >= 0.3 is 0 Å². The maximum absolute atomic E-state index is 13.9. The zero-order valence-electron chi connectivity index (χ0n) is 11.6. The van der Waals surface area contributed by atoms with Gasteiger partial charge in [0.05, 0.1) is 9.58 Å². The highest BCUT2D eigenvalue weighted by Gasteiger charge is 2.43. The molecule has 3 rings (SSSR count). The summed E-state index contributed by atoms with van der Waals surface area (Å²) in [7, 11) is 0. The molecule has 1 aromatic heterocycles. The predicted octanol–water partition coefficient (Wildman–Crippen LogP) is 4.75. The lowest BCUT2D eigenvalue weighted by molar-refractivity contribution is 0.0929. The van der Waals surface area contributed by atoms with Crippen LogP contribution in [-0.4, -0.2) is 11.9 Å². The normalized spacial score (nSPS) is 17.8. The summed E-state index contributed by atoms with van der Waals surface area (Å²) in [6.45, 7) is 4.09. The lowest BCUT2D eigenvalue weighted by atomic mass is 10.0. The zero-order chi connectivity index (χ0) is 15.4. The highest BCUT2D eigenvalue weighted by Crippen LogP contribution is 2.48. The van der Waals surface area contributed by atoms with E-state index in [1.807, 2.05) is 6.92 Å². The second-order valence-electron chi connectivity index (χ2n) is 5.86. The summed E-state index contributed by atoms with van der Waals surface area (Å²) in [5.41, 5.74) is 0.160. The molecule has 1 saturated carbocycles. The summed E-state index contributed by atoms with van der Waals surface area (Å²) in [6, 6.07) is 2.71. The second kappa shape index (κ2) is 4.92. The zero-order valence-corrected chi connectivity index (χ0v) is 13.2. The van der Waals surface area contributed by atoms with E-state index >= 15 is 0 Å². The van der Waals surface area contributed by atoms with Crippen LogP contribution in [0.2, 0.25) is 5.02 Å². The molecular formula is C15H14ClF2NOS. The van der Waals surface area contributed by atoms with Gasteiger partial charge < -0.3 is 5.32 Å². The van der Waals surface area contributed by atoms with Crippen molar-refractivity contribution in [3.05, 3.63) is 33.7 Å². The first-order chi connectivity index (χ1) is 9.82. The largest absolute Gasteiger partial charge is 0.348 e. The molecule has 0 bridgehead atoms. The van der Waals surface area contributed by atoms with Gasteiger partial charge in [0.1, 0.15) is 10.8 Å². The summed E-state index contributed by atoms with van der Waals surface area (Å²) in [5, 5.41) is 2.75. The van der Waals surface area contributed by atoms with Crippen LogP contribution < -0.4 is 5.32 Å². The molecule has 21 heavy (non-hydrogen) atoms. The summed E-state index contributed by atoms with van der Waals surface area (Å²) in [6.07, 6.45) is 2.19. The monoisotopic (exact) mass is 329 g/mol. The minimum Gasteiger partial charge on any atom is -0.348 e. The third kappa shape index (κ3) is 2.53. The maximum Gasteiger partial charge on any atom is 0.261 e. The Morgan fingerprint density at radius 2 is 2.10 bits per heavy atom. The van der Waals surface area contributed by atoms with E-state index in [0.29, 0.717) is 10.3 Å². The second-order valence-corrected chi connectivity index (χ2v) is 7.29. The number of carbonyl (C=O) groups is 1. The SMILES string of the molecule is CC(NC(=O)c1cc2cc(F)c(Cl)c(F)c2s1)C1(C)CC1. The van der Waals surface area contributed by atoms with E-state index in [0.717, 1.165) is 30.2 Å². The summed E-state index contributed by atoms with van der Waals surface area (Å²) >= 11 is 6.54. The van der Waals surface area contributed by atoms with Gasteiger partial charge in [-0.15, -0.1) is 11.3 Å². The number of thiophene rings is 1. The predicted molar refractivity (Wildman–Crippen MR) is 81.0 cm³/mol. The Bertz CT molecular complexity index is 739. The Labute approximate surface area is 130 Å². The Morgan fingerprint density at radius 3 is 2.71 bits per heavy atom. The molecule has 1 heterocycles. The van der Waals surface area contributed by atoms with Crippen LogP contribution in [0.15, 0.2) is 12.1 Å². The van der Waals surface area contributed by atoms with Gasteiger partial charge in [0.15, 0.2) is 5.82 Å². The van der Waals surface area contributed by atoms with Gasteiger partial charge in [0, 0.05) is 6.04 Å². The van der Waals surface area contributed by atoms with Gasteiger partial charge in [0.25, 0.3) is 5.91 Å². The minimum absolute atomic E-state index is 0.0559. The van der Waals surface area contributed by atoms with Gasteiger partial charge in [-0.2, -0.15) is 0 Å². The van der Waals surface area contributed by atoms with Crippen molar-refractivity contribution in [2.45, 2.75) is 32.7 Å². The number of nitrogens with one attached hydrogen (secondary N) is 1. The third-order valence-corrected chi connectivity index (χ3v) is 5.79. The molecule has 1 amide bonds. The van der Waals surface area contributed by atoms with Crippen LogP contribution in [0.5, 0.6) is 0 Å². The molecule has 2 aromatic rings. The van der Waals surface area contributed by atoms with E-state index in [-0.39, 0.29) is 22.1 Å². The first-order valence-corrected chi connectivity index (χ1v) is 7.89. The molecule has 0 spiro atoms. The van der Waals surface area contributed by atoms with Crippen molar-refractivity contribution in [1.82, 2.24) is 5.32 Å². The molecule has 1 fully saturated rings. The molecular weight excluding hydrogens is 316 g/mol. The van der Waals surface area contributed by atoms with Gasteiger partial charge in [-0.05, 0) is 42.7 Å². The van der Waals surface area contributed by atoms with E-state index in [1.54, 1.807) is 0 Å². The Hall–Kier alpha value is -1.20. The van der Waals surface area contributed by atoms with Crippen LogP contribution in [0.4, 0.5) is 8.78 Å². The van der Waals surface area contributed by atoms with Gasteiger partial charge in [-0.3, -0.25) is 4.79 Å². The summed E-state index contributed by atoms with van der Waals surface area (Å²) < 4.78 is 27.5. The van der Waals surface area contributed by atoms with Gasteiger partial charge in [-0.1, -0.05) is 18.5 Å². The standard InChI is InChI=1S/C15H14ClF2NOS/c1-7(15(2)3-4-15)19-14(20)10-6-8-5-9(17)11(16)12(18)13(8)21-10/h5-7H,3-4H2,1-2H3,(H,19,20). The Balaban J connectivity index is 1.90. The Kier molecular flexibility index (Phi) is 3.45. The molecule has 1 N–H and O–H groups in total. The van der Waals surface area contributed by atoms with E-state index in [2.05, 4.69) is 12.2 Å². The third-order valence-electron chi connectivity index (χ3n) is 4.30. The van der Waals surface area contributed by atoms with Crippen LogP contribution in [0, 0.1) is 17.0 Å². The molecule has 1 unspecified atom stereocenters. The fourth-order valence-corrected chi connectivity index (χ4v) is 3.46. The minimum atomic E-state index is -0.815. The number of hydrogen-bond donors (Lipinski definition) is 1. The average molecular weight is 330 g/mol. The van der Waals surface area contributed by atoms with Crippen LogP contribution in [-0.2, 0) is 0 Å². The van der Waals surface area contributed by atoms with Crippen LogP contribution in [0.25, 0.3) is 10.1 Å². The van der Waals surface area contributed by atoms with E-state index in [1.165, 1.54) is 6.07 Å². The fraction of sp³-hybridized carbons (Fsp3) is 0.400. The lowest BCUT2D eigenvalue weighted by Gasteiger charge is -2.19. The number of hydrogen-bond acceptors (Lipinski definition) is 2. The number of amides is 1. The van der Waals surface area contributed by atoms with Gasteiger partial charge in [0.2, 0.25) is 0 Å². The van der Waals surface area contributed by atoms with Crippen molar-refractivity contribution in [2.75, 3.05) is 0 Å². The average Bonchev–Trinajstić information content (AvgIpc) is 3.04. The Morgan fingerprint density at radius 1 is 1.43 bits per heavy atom. The molecule has 0 saturated heterocycles. The van der Waals surface area contributed by atoms with Gasteiger partial charge in [-0.25, -0.2) is 8.78 Å². The number of fused-ring (bicyclic) bond motifs is 1. The van der Waals surface area contributed by atoms with Crippen molar-refractivity contribution in [2.24, 2.45) is 5.41 Å². The number of halogens is 3. The van der Waals surface area contributed by atoms with Crippen LogP contribution >= 0.6 is 22.9 Å².